The molecule has 20 heavy (non-hydrogen) atoms. The Balaban J connectivity index is 2.03. The van der Waals surface area contributed by atoms with Gasteiger partial charge >= 0.3 is 0 Å². The molecule has 0 amide bonds. The van der Waals surface area contributed by atoms with Crippen LogP contribution in [-0.4, -0.2) is 0 Å². The standard InChI is InChI=1S/C17H15F3/c1-10-2-3-12-7-13(5-4-11(12)6-10)14-8-15(18)17(20)16(19)9-14/h4-5,7-10H,2-3,6H2,1H3. The molecule has 0 saturated heterocycles. The first-order valence-electron chi connectivity index (χ1n) is 6.81. The topological polar surface area (TPSA) is 0 Å². The van der Waals surface area contributed by atoms with E-state index in [1.807, 2.05) is 18.2 Å². The highest BCUT2D eigenvalue weighted by molar-refractivity contribution is 5.65. The first-order valence-corrected chi connectivity index (χ1v) is 6.81. The van der Waals surface area contributed by atoms with E-state index in [-0.39, 0.29) is 0 Å². The maximum Gasteiger partial charge on any atom is 0.194 e. The monoisotopic (exact) mass is 276 g/mol. The van der Waals surface area contributed by atoms with E-state index in [2.05, 4.69) is 6.92 Å². The fourth-order valence-corrected chi connectivity index (χ4v) is 2.84. The normalized spacial score (nSPS) is 17.9. The number of aryl methyl sites for hydroxylation is 1. The molecule has 0 nitrogen and oxygen atoms in total. The van der Waals surface area contributed by atoms with Gasteiger partial charge in [0.2, 0.25) is 0 Å². The second kappa shape index (κ2) is 4.97. The Morgan fingerprint density at radius 2 is 1.60 bits per heavy atom. The van der Waals surface area contributed by atoms with Crippen molar-refractivity contribution in [1.82, 2.24) is 0 Å². The smallest absolute Gasteiger partial charge is 0.194 e. The summed E-state index contributed by atoms with van der Waals surface area (Å²) in [5.41, 5.74) is 3.64. The third-order valence-electron chi connectivity index (χ3n) is 4.00. The van der Waals surface area contributed by atoms with Gasteiger partial charge in [-0.1, -0.05) is 25.1 Å². The summed E-state index contributed by atoms with van der Waals surface area (Å²) in [5.74, 6) is -3.03. The molecule has 0 aliphatic heterocycles. The molecule has 1 atom stereocenters. The van der Waals surface area contributed by atoms with Gasteiger partial charge in [0.25, 0.3) is 0 Å². The summed E-state index contributed by atoms with van der Waals surface area (Å²) in [6.07, 6.45) is 3.15. The summed E-state index contributed by atoms with van der Waals surface area (Å²) in [4.78, 5) is 0. The van der Waals surface area contributed by atoms with Crippen LogP contribution in [0.25, 0.3) is 11.1 Å². The molecule has 104 valence electrons. The van der Waals surface area contributed by atoms with Crippen LogP contribution in [0.15, 0.2) is 30.3 Å². The number of benzene rings is 2. The predicted molar refractivity (Wildman–Crippen MR) is 72.9 cm³/mol. The van der Waals surface area contributed by atoms with Gasteiger partial charge in [-0.3, -0.25) is 0 Å². The lowest BCUT2D eigenvalue weighted by Crippen LogP contribution is -2.11. The number of hydrogen-bond acceptors (Lipinski definition) is 0. The van der Waals surface area contributed by atoms with Crippen molar-refractivity contribution in [2.24, 2.45) is 5.92 Å². The van der Waals surface area contributed by atoms with Crippen LogP contribution >= 0.6 is 0 Å². The van der Waals surface area contributed by atoms with Crippen LogP contribution in [0.5, 0.6) is 0 Å². The Kier molecular flexibility index (Phi) is 3.28. The van der Waals surface area contributed by atoms with Crippen molar-refractivity contribution in [2.75, 3.05) is 0 Å². The van der Waals surface area contributed by atoms with Crippen molar-refractivity contribution in [3.05, 3.63) is 58.9 Å². The van der Waals surface area contributed by atoms with Crippen LogP contribution in [-0.2, 0) is 12.8 Å². The van der Waals surface area contributed by atoms with Crippen molar-refractivity contribution >= 4 is 0 Å². The molecule has 3 heteroatoms. The minimum atomic E-state index is -1.42. The molecule has 0 fully saturated rings. The predicted octanol–water partition coefficient (Wildman–Crippen LogP) is 4.90. The van der Waals surface area contributed by atoms with Gasteiger partial charge in [0, 0.05) is 0 Å². The summed E-state index contributed by atoms with van der Waals surface area (Å²) in [6, 6.07) is 7.92. The summed E-state index contributed by atoms with van der Waals surface area (Å²) in [7, 11) is 0. The van der Waals surface area contributed by atoms with Gasteiger partial charge < -0.3 is 0 Å². The average Bonchev–Trinajstić information content (AvgIpc) is 2.43. The summed E-state index contributed by atoms with van der Waals surface area (Å²) < 4.78 is 39.6. The lowest BCUT2D eigenvalue weighted by molar-refractivity contribution is 0.447. The molecule has 2 aromatic carbocycles. The fraction of sp³-hybridized carbons (Fsp3) is 0.294. The zero-order chi connectivity index (χ0) is 14.3. The molecule has 1 aliphatic rings. The van der Waals surface area contributed by atoms with E-state index >= 15 is 0 Å². The second-order valence-corrected chi connectivity index (χ2v) is 5.59. The highest BCUT2D eigenvalue weighted by Crippen LogP contribution is 2.30. The van der Waals surface area contributed by atoms with Gasteiger partial charge in [-0.05, 0) is 59.6 Å². The Morgan fingerprint density at radius 1 is 0.900 bits per heavy atom. The molecule has 1 unspecified atom stereocenters. The van der Waals surface area contributed by atoms with Gasteiger partial charge in [-0.25, -0.2) is 13.2 Å². The van der Waals surface area contributed by atoms with Gasteiger partial charge in [0.15, 0.2) is 17.5 Å². The molecule has 1 aliphatic carbocycles. The number of fused-ring (bicyclic) bond motifs is 1. The van der Waals surface area contributed by atoms with Crippen LogP contribution in [0.1, 0.15) is 24.5 Å². The highest BCUT2D eigenvalue weighted by Gasteiger charge is 2.17. The van der Waals surface area contributed by atoms with E-state index in [1.165, 1.54) is 11.1 Å². The highest BCUT2D eigenvalue weighted by atomic mass is 19.2. The van der Waals surface area contributed by atoms with E-state index < -0.39 is 17.5 Å². The zero-order valence-corrected chi connectivity index (χ0v) is 11.2. The molecule has 0 bridgehead atoms. The lowest BCUT2D eigenvalue weighted by Gasteiger charge is -2.22. The molecular weight excluding hydrogens is 261 g/mol. The van der Waals surface area contributed by atoms with Crippen molar-refractivity contribution in [3.63, 3.8) is 0 Å². The SMILES string of the molecule is CC1CCc2cc(-c3cc(F)c(F)c(F)c3)ccc2C1. The Labute approximate surface area is 116 Å². The molecule has 0 N–H and O–H groups in total. The quantitative estimate of drug-likeness (QED) is 0.650. The lowest BCUT2D eigenvalue weighted by atomic mass is 9.83. The first-order chi connectivity index (χ1) is 9.54. The third-order valence-corrected chi connectivity index (χ3v) is 4.00. The van der Waals surface area contributed by atoms with Crippen LogP contribution in [0.4, 0.5) is 13.2 Å². The molecule has 2 aromatic rings. The third kappa shape index (κ3) is 2.33. The molecular formula is C17H15F3. The van der Waals surface area contributed by atoms with E-state index in [4.69, 9.17) is 0 Å². The van der Waals surface area contributed by atoms with E-state index in [0.717, 1.165) is 37.0 Å². The van der Waals surface area contributed by atoms with Gasteiger partial charge in [0.1, 0.15) is 0 Å². The zero-order valence-electron chi connectivity index (χ0n) is 11.2. The molecule has 0 heterocycles. The molecule has 0 spiro atoms. The van der Waals surface area contributed by atoms with E-state index in [9.17, 15) is 13.2 Å². The molecule has 0 radical (unpaired) electrons. The largest absolute Gasteiger partial charge is 0.204 e. The Hall–Kier alpha value is -1.77. The molecule has 0 saturated carbocycles. The number of rotatable bonds is 1. The summed E-state index contributed by atoms with van der Waals surface area (Å²) in [6.45, 7) is 2.22. The van der Waals surface area contributed by atoms with E-state index in [0.29, 0.717) is 11.5 Å². The van der Waals surface area contributed by atoms with Crippen LogP contribution in [0.3, 0.4) is 0 Å². The maximum absolute atomic E-state index is 13.3. The minimum absolute atomic E-state index is 0.378. The van der Waals surface area contributed by atoms with Crippen molar-refractivity contribution < 1.29 is 13.2 Å². The Morgan fingerprint density at radius 3 is 2.30 bits per heavy atom. The average molecular weight is 276 g/mol. The van der Waals surface area contributed by atoms with Gasteiger partial charge in [-0.15, -0.1) is 0 Å². The second-order valence-electron chi connectivity index (χ2n) is 5.59. The van der Waals surface area contributed by atoms with Crippen LogP contribution in [0.2, 0.25) is 0 Å². The summed E-state index contributed by atoms with van der Waals surface area (Å²) in [5, 5.41) is 0. The Bertz CT molecular complexity index is 638. The van der Waals surface area contributed by atoms with E-state index in [1.54, 1.807) is 0 Å². The van der Waals surface area contributed by atoms with Gasteiger partial charge in [-0.2, -0.15) is 0 Å². The van der Waals surface area contributed by atoms with Crippen molar-refractivity contribution in [1.29, 1.82) is 0 Å². The maximum atomic E-state index is 13.3. The van der Waals surface area contributed by atoms with Crippen molar-refractivity contribution in [2.45, 2.75) is 26.2 Å². The minimum Gasteiger partial charge on any atom is -0.204 e. The first kappa shape index (κ1) is 13.2. The number of hydrogen-bond donors (Lipinski definition) is 0. The van der Waals surface area contributed by atoms with Gasteiger partial charge in [0.05, 0.1) is 0 Å². The summed E-state index contributed by atoms with van der Waals surface area (Å²) >= 11 is 0. The van der Waals surface area contributed by atoms with Crippen molar-refractivity contribution in [3.8, 4) is 11.1 Å². The number of halogens is 3. The van der Waals surface area contributed by atoms with Crippen LogP contribution < -0.4 is 0 Å². The fourth-order valence-electron chi connectivity index (χ4n) is 2.84. The molecule has 3 rings (SSSR count). The van der Waals surface area contributed by atoms with Crippen LogP contribution in [0, 0.1) is 23.4 Å². The molecule has 0 aromatic heterocycles.